The Morgan fingerprint density at radius 1 is 1.03 bits per heavy atom. The van der Waals surface area contributed by atoms with E-state index in [0.717, 1.165) is 30.2 Å². The van der Waals surface area contributed by atoms with Gasteiger partial charge in [0.05, 0.1) is 25.9 Å². The summed E-state index contributed by atoms with van der Waals surface area (Å²) in [6, 6.07) is 18.9. The molecule has 0 bridgehead atoms. The molecule has 8 nitrogen and oxygen atoms in total. The van der Waals surface area contributed by atoms with Gasteiger partial charge in [0.25, 0.3) is 5.97 Å². The lowest BCUT2D eigenvalue weighted by atomic mass is 10.1. The molecule has 3 aromatic carbocycles. The maximum Gasteiger partial charge on any atom is 0.300 e. The molecule has 0 aliphatic heterocycles. The van der Waals surface area contributed by atoms with E-state index in [4.69, 9.17) is 19.4 Å². The Hall–Kier alpha value is -3.50. The van der Waals surface area contributed by atoms with E-state index in [1.807, 2.05) is 30.3 Å². The monoisotopic (exact) mass is 515 g/mol. The number of aliphatic carboxylic acids is 1. The molecule has 1 atom stereocenters. The number of hydrogen-bond acceptors (Lipinski definition) is 7. The maximum atomic E-state index is 13.1. The van der Waals surface area contributed by atoms with E-state index in [2.05, 4.69) is 5.32 Å². The lowest BCUT2D eigenvalue weighted by Gasteiger charge is -2.14. The summed E-state index contributed by atoms with van der Waals surface area (Å²) >= 11 is 0. The minimum Gasteiger partial charge on any atom is -0.508 e. The van der Waals surface area contributed by atoms with E-state index < -0.39 is 12.1 Å². The third-order valence-corrected chi connectivity index (χ3v) is 5.16. The van der Waals surface area contributed by atoms with Gasteiger partial charge in [0.15, 0.2) is 0 Å². The van der Waals surface area contributed by atoms with Crippen LogP contribution in [0.4, 0.5) is 4.39 Å². The second kappa shape index (κ2) is 16.3. The van der Waals surface area contributed by atoms with Crippen LogP contribution in [-0.2, 0) is 29.2 Å². The van der Waals surface area contributed by atoms with Crippen LogP contribution >= 0.6 is 0 Å². The number of hydrogen-bond donors (Lipinski definition) is 5. The summed E-state index contributed by atoms with van der Waals surface area (Å²) in [5.41, 5.74) is 2.97. The number of aliphatic hydroxyl groups is 2. The molecule has 37 heavy (non-hydrogen) atoms. The maximum absolute atomic E-state index is 13.1. The molecule has 0 aromatic heterocycles. The van der Waals surface area contributed by atoms with Crippen molar-refractivity contribution >= 4 is 5.97 Å². The topological polar surface area (TPSA) is 128 Å². The van der Waals surface area contributed by atoms with Crippen LogP contribution in [0, 0.1) is 5.82 Å². The lowest BCUT2D eigenvalue weighted by molar-refractivity contribution is -0.134. The minimum absolute atomic E-state index is 0.0187. The first-order valence-corrected chi connectivity index (χ1v) is 11.8. The first-order valence-electron chi connectivity index (χ1n) is 11.8. The second-order valence-electron chi connectivity index (χ2n) is 8.21. The molecule has 0 amide bonds. The molecule has 9 heteroatoms. The molecule has 3 rings (SSSR count). The zero-order valence-electron chi connectivity index (χ0n) is 20.8. The molecule has 0 fully saturated rings. The number of carboxylic acid groups (broad SMARTS) is 1. The molecule has 5 N–H and O–H groups in total. The van der Waals surface area contributed by atoms with Crippen molar-refractivity contribution in [2.75, 3.05) is 26.3 Å². The highest BCUT2D eigenvalue weighted by Gasteiger charge is 2.10. The van der Waals surface area contributed by atoms with E-state index in [-0.39, 0.29) is 18.2 Å². The number of benzene rings is 3. The van der Waals surface area contributed by atoms with Crippen LogP contribution in [0.3, 0.4) is 0 Å². The average Bonchev–Trinajstić information content (AvgIpc) is 2.87. The predicted octanol–water partition coefficient (Wildman–Crippen LogP) is 3.58. The van der Waals surface area contributed by atoms with Crippen molar-refractivity contribution in [3.05, 3.63) is 94.8 Å². The van der Waals surface area contributed by atoms with Gasteiger partial charge < -0.3 is 35.2 Å². The summed E-state index contributed by atoms with van der Waals surface area (Å²) in [6.45, 7) is 3.02. The van der Waals surface area contributed by atoms with E-state index in [9.17, 15) is 19.7 Å². The first kappa shape index (κ1) is 29.7. The number of carboxylic acids is 1. The number of carbonyl (C=O) groups is 1. The summed E-state index contributed by atoms with van der Waals surface area (Å²) in [5, 5.41) is 39.8. The molecular weight excluding hydrogens is 481 g/mol. The molecule has 0 spiro atoms. The number of aliphatic hydroxyl groups excluding tert-OH is 2. The van der Waals surface area contributed by atoms with E-state index in [1.54, 1.807) is 18.2 Å². The predicted molar refractivity (Wildman–Crippen MR) is 137 cm³/mol. The Labute approximate surface area is 215 Å². The van der Waals surface area contributed by atoms with Gasteiger partial charge in [-0.15, -0.1) is 0 Å². The molecule has 200 valence electrons. The van der Waals surface area contributed by atoms with Gasteiger partial charge in [-0.3, -0.25) is 4.79 Å². The fraction of sp³-hybridized carbons (Fsp3) is 0.321. The molecule has 0 saturated heterocycles. The number of ether oxygens (including phenoxy) is 2. The second-order valence-corrected chi connectivity index (χ2v) is 8.21. The van der Waals surface area contributed by atoms with E-state index >= 15 is 0 Å². The molecule has 0 saturated carbocycles. The summed E-state index contributed by atoms with van der Waals surface area (Å²) in [5.74, 6) is -0.332. The third-order valence-electron chi connectivity index (χ3n) is 5.16. The number of halogens is 1. The molecule has 0 aliphatic rings. The van der Waals surface area contributed by atoms with Crippen molar-refractivity contribution in [2.24, 2.45) is 0 Å². The van der Waals surface area contributed by atoms with Crippen molar-refractivity contribution in [3.8, 4) is 11.5 Å². The molecule has 0 unspecified atom stereocenters. The van der Waals surface area contributed by atoms with Crippen molar-refractivity contribution in [3.63, 3.8) is 0 Å². The highest BCUT2D eigenvalue weighted by atomic mass is 19.1. The highest BCUT2D eigenvalue weighted by molar-refractivity contribution is 5.62. The van der Waals surface area contributed by atoms with Crippen molar-refractivity contribution in [2.45, 2.75) is 32.7 Å². The first-order chi connectivity index (χ1) is 17.8. The minimum atomic E-state index is -0.833. The fourth-order valence-electron chi connectivity index (χ4n) is 3.32. The van der Waals surface area contributed by atoms with E-state index in [0.29, 0.717) is 44.0 Å². The van der Waals surface area contributed by atoms with E-state index in [1.165, 1.54) is 18.2 Å². The van der Waals surface area contributed by atoms with Crippen LogP contribution < -0.4 is 10.1 Å². The Balaban J connectivity index is 0.00000112. The van der Waals surface area contributed by atoms with Crippen molar-refractivity contribution in [1.82, 2.24) is 5.32 Å². The average molecular weight is 516 g/mol. The summed E-state index contributed by atoms with van der Waals surface area (Å²) in [6.07, 6.45) is 0.0658. The van der Waals surface area contributed by atoms with Crippen molar-refractivity contribution < 1.29 is 39.1 Å². The molecule has 0 radical (unpaired) electrons. The van der Waals surface area contributed by atoms with Gasteiger partial charge >= 0.3 is 0 Å². The lowest BCUT2D eigenvalue weighted by Crippen LogP contribution is -2.23. The zero-order valence-corrected chi connectivity index (χ0v) is 20.8. The normalized spacial score (nSPS) is 11.4. The van der Waals surface area contributed by atoms with Crippen LogP contribution in [0.1, 0.15) is 35.3 Å². The summed E-state index contributed by atoms with van der Waals surface area (Å²) < 4.78 is 24.3. The molecule has 0 aliphatic carbocycles. The summed E-state index contributed by atoms with van der Waals surface area (Å²) in [7, 11) is 0. The van der Waals surface area contributed by atoms with Crippen LogP contribution in [-0.4, -0.2) is 52.7 Å². The highest BCUT2D eigenvalue weighted by Crippen LogP contribution is 2.22. The number of aromatic hydroxyl groups is 1. The zero-order chi connectivity index (χ0) is 27.0. The third kappa shape index (κ3) is 11.9. The fourth-order valence-corrected chi connectivity index (χ4v) is 3.32. The standard InChI is InChI=1S/C26H30FNO5.C2H4O2/c27-23-3-1-2-20(14-23)18-32-12-13-33-24-7-4-19(5-8-24)10-11-28-16-26(31)21-6-9-25(30)22(15-21)17-29;1-2(3)4/h1-9,14-15,26,28-31H,10-13,16-18H2;1H3,(H,3,4)/t26-;/m0./s1. The molecule has 0 heterocycles. The van der Waals surface area contributed by atoms with Crippen molar-refractivity contribution in [1.29, 1.82) is 0 Å². The van der Waals surface area contributed by atoms with Crippen LogP contribution in [0.15, 0.2) is 66.7 Å². The Kier molecular flexibility index (Phi) is 13.1. The molecular formula is C28H34FNO7. The Morgan fingerprint density at radius 3 is 2.43 bits per heavy atom. The number of phenols is 1. The van der Waals surface area contributed by atoms with Gasteiger partial charge in [-0.05, 0) is 66.1 Å². The van der Waals surface area contributed by atoms with Gasteiger partial charge in [-0.2, -0.15) is 0 Å². The Morgan fingerprint density at radius 2 is 1.76 bits per heavy atom. The number of rotatable bonds is 13. The van der Waals surface area contributed by atoms with Crippen LogP contribution in [0.25, 0.3) is 0 Å². The van der Waals surface area contributed by atoms with Gasteiger partial charge in [0, 0.05) is 19.0 Å². The van der Waals surface area contributed by atoms with Gasteiger partial charge in [-0.1, -0.05) is 30.3 Å². The van der Waals surface area contributed by atoms with Gasteiger partial charge in [-0.25, -0.2) is 4.39 Å². The number of nitrogens with one attached hydrogen (secondary N) is 1. The van der Waals surface area contributed by atoms with Gasteiger partial charge in [0.2, 0.25) is 0 Å². The SMILES string of the molecule is CC(=O)O.OCc1cc([C@@H](O)CNCCc2ccc(OCCOCc3cccc(F)c3)cc2)ccc1O. The largest absolute Gasteiger partial charge is 0.508 e. The molecule has 3 aromatic rings. The van der Waals surface area contributed by atoms with Crippen LogP contribution in [0.5, 0.6) is 11.5 Å². The Bertz CT molecular complexity index is 1090. The summed E-state index contributed by atoms with van der Waals surface area (Å²) in [4.78, 5) is 9.00. The van der Waals surface area contributed by atoms with Crippen LogP contribution in [0.2, 0.25) is 0 Å². The quantitative estimate of drug-likeness (QED) is 0.219. The van der Waals surface area contributed by atoms with Gasteiger partial charge in [0.1, 0.15) is 23.9 Å². The smallest absolute Gasteiger partial charge is 0.300 e.